The van der Waals surface area contributed by atoms with Crippen LogP contribution < -0.4 is 16.0 Å². The molecule has 172 valence electrons. The second kappa shape index (κ2) is 11.0. The van der Waals surface area contributed by atoms with Gasteiger partial charge in [0, 0.05) is 29.2 Å². The van der Waals surface area contributed by atoms with E-state index in [-0.39, 0.29) is 24.6 Å². The van der Waals surface area contributed by atoms with E-state index >= 15 is 0 Å². The molecule has 0 aliphatic rings. The van der Waals surface area contributed by atoms with Gasteiger partial charge in [0.2, 0.25) is 5.91 Å². The van der Waals surface area contributed by atoms with E-state index in [0.29, 0.717) is 10.6 Å². The zero-order chi connectivity index (χ0) is 23.9. The van der Waals surface area contributed by atoms with Crippen LogP contribution in [0.3, 0.4) is 0 Å². The number of halogens is 4. The maximum Gasteiger partial charge on any atom is 0.416 e. The molecule has 0 spiro atoms. The summed E-state index contributed by atoms with van der Waals surface area (Å²) < 4.78 is 37.8. The lowest BCUT2D eigenvalue weighted by molar-refractivity contribution is -0.137. The van der Waals surface area contributed by atoms with Gasteiger partial charge in [-0.15, -0.1) is 0 Å². The number of alkyl halides is 3. The molecule has 1 atom stereocenters. The summed E-state index contributed by atoms with van der Waals surface area (Å²) in [5.41, 5.74) is -0.419. The van der Waals surface area contributed by atoms with E-state index in [1.54, 1.807) is 38.1 Å². The van der Waals surface area contributed by atoms with Gasteiger partial charge >= 0.3 is 6.18 Å². The number of nitrogens with one attached hydrogen (secondary N) is 3. The lowest BCUT2D eigenvalue weighted by Crippen LogP contribution is -2.50. The Morgan fingerprint density at radius 2 is 1.34 bits per heavy atom. The molecule has 3 N–H and O–H groups in total. The first-order valence-corrected chi connectivity index (χ1v) is 10.2. The van der Waals surface area contributed by atoms with Crippen molar-refractivity contribution in [1.82, 2.24) is 16.0 Å². The van der Waals surface area contributed by atoms with E-state index < -0.39 is 35.5 Å². The van der Waals surface area contributed by atoms with Crippen LogP contribution in [0, 0.1) is 5.92 Å². The predicted octanol–water partition coefficient (Wildman–Crippen LogP) is 3.66. The lowest BCUT2D eigenvalue weighted by atomic mass is 10.0. The van der Waals surface area contributed by atoms with Gasteiger partial charge in [0.1, 0.15) is 6.04 Å². The van der Waals surface area contributed by atoms with Gasteiger partial charge in [0.15, 0.2) is 0 Å². The first kappa shape index (κ1) is 25.2. The van der Waals surface area contributed by atoms with Crippen LogP contribution in [0.5, 0.6) is 0 Å². The molecule has 0 fully saturated rings. The van der Waals surface area contributed by atoms with Crippen molar-refractivity contribution in [3.63, 3.8) is 0 Å². The number of benzene rings is 2. The summed E-state index contributed by atoms with van der Waals surface area (Å²) in [6.45, 7) is 3.68. The number of rotatable bonds is 8. The average molecular weight is 470 g/mol. The molecule has 0 saturated carbocycles. The first-order chi connectivity index (χ1) is 15.0. The molecule has 0 aromatic heterocycles. The molecule has 0 aliphatic carbocycles. The third-order valence-electron chi connectivity index (χ3n) is 4.53. The van der Waals surface area contributed by atoms with Crippen LogP contribution in [0.15, 0.2) is 48.5 Å². The van der Waals surface area contributed by atoms with E-state index in [2.05, 4.69) is 16.0 Å². The van der Waals surface area contributed by atoms with Gasteiger partial charge in [-0.2, -0.15) is 13.2 Å². The fourth-order valence-corrected chi connectivity index (χ4v) is 2.87. The Labute approximate surface area is 188 Å². The highest BCUT2D eigenvalue weighted by Gasteiger charge is 2.30. The maximum atomic E-state index is 12.6. The SMILES string of the molecule is CC(C)C(NC(=O)c1ccc(Cl)cc1)C(=O)NCCNC(=O)c1ccc(C(F)(F)F)cc1. The summed E-state index contributed by atoms with van der Waals surface area (Å²) in [5, 5.41) is 8.30. The van der Waals surface area contributed by atoms with E-state index in [0.717, 1.165) is 24.3 Å². The summed E-state index contributed by atoms with van der Waals surface area (Å²) in [4.78, 5) is 36.9. The average Bonchev–Trinajstić information content (AvgIpc) is 2.74. The summed E-state index contributed by atoms with van der Waals surface area (Å²) in [6.07, 6.45) is -4.48. The van der Waals surface area contributed by atoms with Gasteiger partial charge in [-0.05, 0) is 54.4 Å². The van der Waals surface area contributed by atoms with Crippen molar-refractivity contribution >= 4 is 29.3 Å². The maximum absolute atomic E-state index is 12.6. The molecule has 6 nitrogen and oxygen atoms in total. The van der Waals surface area contributed by atoms with Crippen molar-refractivity contribution in [1.29, 1.82) is 0 Å². The van der Waals surface area contributed by atoms with Crippen LogP contribution >= 0.6 is 11.6 Å². The molecule has 2 aromatic carbocycles. The number of amides is 3. The fourth-order valence-electron chi connectivity index (χ4n) is 2.75. The molecular weight excluding hydrogens is 447 g/mol. The minimum absolute atomic E-state index is 0.0571. The van der Waals surface area contributed by atoms with Crippen LogP contribution in [0.1, 0.15) is 40.1 Å². The Morgan fingerprint density at radius 1 is 0.844 bits per heavy atom. The smallest absolute Gasteiger partial charge is 0.353 e. The van der Waals surface area contributed by atoms with Gasteiger partial charge in [0.05, 0.1) is 5.56 Å². The fraction of sp³-hybridized carbons (Fsp3) is 0.318. The van der Waals surface area contributed by atoms with Gasteiger partial charge in [-0.1, -0.05) is 25.4 Å². The Balaban J connectivity index is 1.83. The highest BCUT2D eigenvalue weighted by atomic mass is 35.5. The van der Waals surface area contributed by atoms with Crippen LogP contribution in [0.25, 0.3) is 0 Å². The number of carbonyl (C=O) groups is 3. The molecule has 0 heterocycles. The molecule has 0 bridgehead atoms. The molecule has 2 aromatic rings. The van der Waals surface area contributed by atoms with Crippen molar-refractivity contribution in [2.45, 2.75) is 26.1 Å². The molecule has 2 rings (SSSR count). The molecule has 0 radical (unpaired) electrons. The summed E-state index contributed by atoms with van der Waals surface area (Å²) in [5.74, 6) is -1.62. The van der Waals surface area contributed by atoms with Gasteiger partial charge in [-0.3, -0.25) is 14.4 Å². The van der Waals surface area contributed by atoms with Crippen molar-refractivity contribution in [2.24, 2.45) is 5.92 Å². The van der Waals surface area contributed by atoms with Crippen molar-refractivity contribution < 1.29 is 27.6 Å². The standard InChI is InChI=1S/C22H23ClF3N3O3/c1-13(2)18(29-20(31)15-5-9-17(23)10-6-15)21(32)28-12-11-27-19(30)14-3-7-16(8-4-14)22(24,25)26/h3-10,13,18H,11-12H2,1-2H3,(H,27,30)(H,28,32)(H,29,31). The minimum atomic E-state index is -4.48. The minimum Gasteiger partial charge on any atom is -0.353 e. The Bertz CT molecular complexity index is 946. The molecule has 0 saturated heterocycles. The second-order valence-electron chi connectivity index (χ2n) is 7.32. The van der Waals surface area contributed by atoms with E-state index in [1.165, 1.54) is 0 Å². The van der Waals surface area contributed by atoms with Crippen molar-refractivity contribution in [2.75, 3.05) is 13.1 Å². The monoisotopic (exact) mass is 469 g/mol. The van der Waals surface area contributed by atoms with Crippen molar-refractivity contribution in [3.8, 4) is 0 Å². The molecule has 32 heavy (non-hydrogen) atoms. The number of hydrogen-bond acceptors (Lipinski definition) is 3. The van der Waals surface area contributed by atoms with E-state index in [4.69, 9.17) is 11.6 Å². The molecule has 0 aliphatic heterocycles. The van der Waals surface area contributed by atoms with Crippen LogP contribution in [0.2, 0.25) is 5.02 Å². The quantitative estimate of drug-likeness (QED) is 0.516. The second-order valence-corrected chi connectivity index (χ2v) is 7.76. The Hall–Kier alpha value is -3.07. The summed E-state index contributed by atoms with van der Waals surface area (Å²) in [7, 11) is 0. The third-order valence-corrected chi connectivity index (χ3v) is 4.78. The largest absolute Gasteiger partial charge is 0.416 e. The Kier molecular flexibility index (Phi) is 8.65. The van der Waals surface area contributed by atoms with Crippen LogP contribution in [-0.4, -0.2) is 36.9 Å². The number of carbonyl (C=O) groups excluding carboxylic acids is 3. The van der Waals surface area contributed by atoms with Crippen LogP contribution in [0.4, 0.5) is 13.2 Å². The van der Waals surface area contributed by atoms with E-state index in [9.17, 15) is 27.6 Å². The third kappa shape index (κ3) is 7.26. The topological polar surface area (TPSA) is 87.3 Å². The predicted molar refractivity (Wildman–Crippen MR) is 114 cm³/mol. The molecule has 1 unspecified atom stereocenters. The lowest BCUT2D eigenvalue weighted by Gasteiger charge is -2.22. The van der Waals surface area contributed by atoms with Crippen molar-refractivity contribution in [3.05, 3.63) is 70.2 Å². The molecule has 3 amide bonds. The van der Waals surface area contributed by atoms with E-state index in [1.807, 2.05) is 0 Å². The normalized spacial score (nSPS) is 12.2. The number of hydrogen-bond donors (Lipinski definition) is 3. The van der Waals surface area contributed by atoms with Gasteiger partial charge in [0.25, 0.3) is 11.8 Å². The first-order valence-electron chi connectivity index (χ1n) is 9.78. The highest BCUT2D eigenvalue weighted by molar-refractivity contribution is 6.30. The Morgan fingerprint density at radius 3 is 1.88 bits per heavy atom. The zero-order valence-corrected chi connectivity index (χ0v) is 18.2. The van der Waals surface area contributed by atoms with Crippen LogP contribution in [-0.2, 0) is 11.0 Å². The molecule has 10 heteroatoms. The highest BCUT2D eigenvalue weighted by Crippen LogP contribution is 2.29. The summed E-state index contributed by atoms with van der Waals surface area (Å²) >= 11 is 5.81. The van der Waals surface area contributed by atoms with Gasteiger partial charge in [-0.25, -0.2) is 0 Å². The zero-order valence-electron chi connectivity index (χ0n) is 17.4. The molecular formula is C22H23ClF3N3O3. The summed E-state index contributed by atoms with van der Waals surface area (Å²) in [6, 6.07) is 9.24. The van der Waals surface area contributed by atoms with Gasteiger partial charge < -0.3 is 16.0 Å².